The van der Waals surface area contributed by atoms with Crippen molar-refractivity contribution in [1.82, 2.24) is 15.5 Å². The van der Waals surface area contributed by atoms with Crippen LogP contribution in [-0.4, -0.2) is 37.0 Å². The zero-order valence-corrected chi connectivity index (χ0v) is 18.9. The molecule has 0 fully saturated rings. The van der Waals surface area contributed by atoms with Gasteiger partial charge in [0.1, 0.15) is 0 Å². The van der Waals surface area contributed by atoms with E-state index in [0.717, 1.165) is 32.0 Å². The molecule has 26 heavy (non-hydrogen) atoms. The molecule has 2 aromatic rings. The minimum Gasteiger partial charge on any atom is -0.354 e. The number of fused-ring (bicyclic) bond motifs is 1. The van der Waals surface area contributed by atoms with E-state index in [0.29, 0.717) is 12.1 Å². The summed E-state index contributed by atoms with van der Waals surface area (Å²) in [6.45, 7) is 7.23. The number of guanidine groups is 1. The molecule has 142 valence electrons. The zero-order valence-electron chi connectivity index (χ0n) is 15.7. The second kappa shape index (κ2) is 10.3. The van der Waals surface area contributed by atoms with Gasteiger partial charge < -0.3 is 10.6 Å². The highest BCUT2D eigenvalue weighted by molar-refractivity contribution is 14.0. The molecule has 0 aliphatic carbocycles. The van der Waals surface area contributed by atoms with Crippen LogP contribution in [0, 0.1) is 0 Å². The van der Waals surface area contributed by atoms with Gasteiger partial charge in [-0.2, -0.15) is 0 Å². The lowest BCUT2D eigenvalue weighted by molar-refractivity contribution is 0.181. The maximum atomic E-state index is 4.34. The first-order valence-corrected chi connectivity index (χ1v) is 9.86. The first-order chi connectivity index (χ1) is 12.2. The summed E-state index contributed by atoms with van der Waals surface area (Å²) in [5.41, 5.74) is 2.84. The summed E-state index contributed by atoms with van der Waals surface area (Å²) >= 11 is 1.89. The molecular formula is C20H29IN4S. The first-order valence-electron chi connectivity index (χ1n) is 8.98. The molecule has 4 nitrogen and oxygen atoms in total. The Labute approximate surface area is 178 Å². The number of nitrogens with one attached hydrogen (secondary N) is 2. The Morgan fingerprint density at radius 3 is 2.69 bits per heavy atom. The third-order valence-corrected chi connectivity index (χ3v) is 5.60. The summed E-state index contributed by atoms with van der Waals surface area (Å²) in [6.07, 6.45) is 1.15. The van der Waals surface area contributed by atoms with Crippen LogP contribution in [0.4, 0.5) is 0 Å². The maximum absolute atomic E-state index is 4.34. The normalized spacial score (nSPS) is 15.9. The van der Waals surface area contributed by atoms with Gasteiger partial charge in [0, 0.05) is 37.6 Å². The van der Waals surface area contributed by atoms with Crippen LogP contribution in [0.1, 0.15) is 35.9 Å². The fraction of sp³-hybridized carbons (Fsp3) is 0.450. The summed E-state index contributed by atoms with van der Waals surface area (Å²) in [6, 6.07) is 13.8. The van der Waals surface area contributed by atoms with Gasteiger partial charge in [-0.1, -0.05) is 30.3 Å². The molecule has 0 saturated heterocycles. The Hall–Kier alpha value is -1.12. The lowest BCUT2D eigenvalue weighted by Crippen LogP contribution is -2.46. The average molecular weight is 484 g/mol. The molecule has 2 N–H and O–H groups in total. The molecule has 1 aromatic heterocycles. The number of benzene rings is 1. The molecule has 0 spiro atoms. The van der Waals surface area contributed by atoms with Crippen molar-refractivity contribution < 1.29 is 0 Å². The predicted octanol–water partition coefficient (Wildman–Crippen LogP) is 4.04. The number of hydrogen-bond donors (Lipinski definition) is 2. The lowest BCUT2D eigenvalue weighted by Gasteiger charge is -2.35. The van der Waals surface area contributed by atoms with E-state index in [1.165, 1.54) is 11.1 Å². The average Bonchev–Trinajstić information content (AvgIpc) is 3.09. The highest BCUT2D eigenvalue weighted by Crippen LogP contribution is 2.30. The Morgan fingerprint density at radius 2 is 2.00 bits per heavy atom. The number of hydrogen-bond acceptors (Lipinski definition) is 3. The number of rotatable bonds is 5. The number of nitrogens with zero attached hydrogens (tertiary/aromatic N) is 2. The van der Waals surface area contributed by atoms with Crippen molar-refractivity contribution >= 4 is 41.3 Å². The Balaban J connectivity index is 0.00000243. The van der Waals surface area contributed by atoms with Gasteiger partial charge in [0.25, 0.3) is 0 Å². The van der Waals surface area contributed by atoms with Gasteiger partial charge in [0.05, 0.1) is 6.04 Å². The van der Waals surface area contributed by atoms with E-state index in [4.69, 9.17) is 0 Å². The monoisotopic (exact) mass is 484 g/mol. The second-order valence-electron chi connectivity index (χ2n) is 6.77. The molecule has 1 atom stereocenters. The van der Waals surface area contributed by atoms with Crippen LogP contribution in [0.5, 0.6) is 0 Å². The van der Waals surface area contributed by atoms with Crippen molar-refractivity contribution in [2.75, 3.05) is 20.1 Å². The van der Waals surface area contributed by atoms with E-state index in [-0.39, 0.29) is 24.0 Å². The fourth-order valence-electron chi connectivity index (χ4n) is 3.33. The topological polar surface area (TPSA) is 39.7 Å². The van der Waals surface area contributed by atoms with Crippen LogP contribution in [0.15, 0.2) is 46.8 Å². The van der Waals surface area contributed by atoms with Crippen LogP contribution < -0.4 is 10.6 Å². The second-order valence-corrected chi connectivity index (χ2v) is 7.77. The minimum absolute atomic E-state index is 0. The smallest absolute Gasteiger partial charge is 0.191 e. The molecule has 0 bridgehead atoms. The standard InChI is InChI=1S/C20H28N4S.HI/c1-15(2)23-20(21-3)22-13-18(16-7-5-4-6-8-16)24-11-9-19-17(14-24)10-12-25-19;/h4-8,10,12,15,18H,9,11,13-14H2,1-3H3,(H2,21,22,23);1H. The van der Waals surface area contributed by atoms with Crippen molar-refractivity contribution in [2.24, 2.45) is 4.99 Å². The predicted molar refractivity (Wildman–Crippen MR) is 123 cm³/mol. The van der Waals surface area contributed by atoms with Crippen LogP contribution in [0.2, 0.25) is 0 Å². The summed E-state index contributed by atoms with van der Waals surface area (Å²) in [4.78, 5) is 8.48. The third kappa shape index (κ3) is 5.44. The molecule has 1 aliphatic rings. The van der Waals surface area contributed by atoms with Crippen LogP contribution in [-0.2, 0) is 13.0 Å². The Morgan fingerprint density at radius 1 is 1.23 bits per heavy atom. The molecule has 0 radical (unpaired) electrons. The van der Waals surface area contributed by atoms with Gasteiger partial charge in [-0.25, -0.2) is 0 Å². The van der Waals surface area contributed by atoms with Gasteiger partial charge in [-0.15, -0.1) is 35.3 Å². The SMILES string of the molecule is CN=C(NCC(c1ccccc1)N1CCc2sccc2C1)NC(C)C.I. The van der Waals surface area contributed by atoms with Gasteiger partial charge in [0.15, 0.2) is 5.96 Å². The molecule has 3 rings (SSSR count). The Kier molecular flexibility index (Phi) is 8.37. The maximum Gasteiger partial charge on any atom is 0.191 e. The van der Waals surface area contributed by atoms with Crippen LogP contribution >= 0.6 is 35.3 Å². The highest BCUT2D eigenvalue weighted by atomic mass is 127. The van der Waals surface area contributed by atoms with Gasteiger partial charge in [-0.3, -0.25) is 9.89 Å². The lowest BCUT2D eigenvalue weighted by atomic mass is 10.0. The first kappa shape index (κ1) is 21.2. The van der Waals surface area contributed by atoms with E-state index in [9.17, 15) is 0 Å². The fourth-order valence-corrected chi connectivity index (χ4v) is 4.22. The largest absolute Gasteiger partial charge is 0.354 e. The molecule has 0 amide bonds. The summed E-state index contributed by atoms with van der Waals surface area (Å²) < 4.78 is 0. The van der Waals surface area contributed by atoms with Crippen LogP contribution in [0.25, 0.3) is 0 Å². The molecule has 1 aliphatic heterocycles. The Bertz CT molecular complexity index is 699. The molecular weight excluding hydrogens is 455 g/mol. The third-order valence-electron chi connectivity index (χ3n) is 4.57. The number of aliphatic imine (C=N–C) groups is 1. The summed E-state index contributed by atoms with van der Waals surface area (Å²) in [5, 5.41) is 9.11. The molecule has 1 aromatic carbocycles. The molecule has 1 unspecified atom stereocenters. The van der Waals surface area contributed by atoms with Gasteiger partial charge in [-0.05, 0) is 42.8 Å². The van der Waals surface area contributed by atoms with E-state index in [2.05, 4.69) is 76.2 Å². The number of thiophene rings is 1. The number of halogens is 1. The quantitative estimate of drug-likeness (QED) is 0.383. The van der Waals surface area contributed by atoms with E-state index < -0.39 is 0 Å². The van der Waals surface area contributed by atoms with Crippen molar-refractivity contribution in [2.45, 2.75) is 38.9 Å². The summed E-state index contributed by atoms with van der Waals surface area (Å²) in [7, 11) is 1.83. The summed E-state index contributed by atoms with van der Waals surface area (Å²) in [5.74, 6) is 0.865. The highest BCUT2D eigenvalue weighted by Gasteiger charge is 2.25. The van der Waals surface area contributed by atoms with E-state index >= 15 is 0 Å². The van der Waals surface area contributed by atoms with E-state index in [1.54, 1.807) is 4.88 Å². The van der Waals surface area contributed by atoms with Crippen molar-refractivity contribution in [3.8, 4) is 0 Å². The van der Waals surface area contributed by atoms with Crippen LogP contribution in [0.3, 0.4) is 0 Å². The minimum atomic E-state index is 0. The molecule has 6 heteroatoms. The van der Waals surface area contributed by atoms with Gasteiger partial charge >= 0.3 is 0 Å². The zero-order chi connectivity index (χ0) is 17.6. The molecule has 0 saturated carbocycles. The van der Waals surface area contributed by atoms with Crippen molar-refractivity contribution in [3.05, 3.63) is 57.8 Å². The van der Waals surface area contributed by atoms with Crippen molar-refractivity contribution in [3.63, 3.8) is 0 Å². The van der Waals surface area contributed by atoms with Crippen molar-refractivity contribution in [1.29, 1.82) is 0 Å². The van der Waals surface area contributed by atoms with E-state index in [1.807, 2.05) is 18.4 Å². The van der Waals surface area contributed by atoms with Gasteiger partial charge in [0.2, 0.25) is 0 Å². The molecule has 2 heterocycles.